The van der Waals surface area contributed by atoms with Crippen LogP contribution in [0.4, 0.5) is 26.3 Å². The van der Waals surface area contributed by atoms with Gasteiger partial charge in [-0.1, -0.05) is 0 Å². The number of carbonyl (C=O) groups is 2. The monoisotopic (exact) mass is 412 g/mol. The van der Waals surface area contributed by atoms with Gasteiger partial charge in [-0.15, -0.1) is 0 Å². The minimum atomic E-state index is -5.08. The molecule has 156 valence electrons. The van der Waals surface area contributed by atoms with Crippen LogP contribution in [0.3, 0.4) is 0 Å². The Bertz CT molecular complexity index is 740. The maximum Gasteiger partial charge on any atom is 0.490 e. The third-order valence-corrected chi connectivity index (χ3v) is 4.57. The van der Waals surface area contributed by atoms with Gasteiger partial charge < -0.3 is 10.0 Å². The molecular weight excluding hydrogens is 394 g/mol. The maximum absolute atomic E-state index is 13.7. The van der Waals surface area contributed by atoms with Gasteiger partial charge in [0.25, 0.3) is 5.91 Å². The van der Waals surface area contributed by atoms with Crippen LogP contribution in [0.25, 0.3) is 0 Å². The predicted molar refractivity (Wildman–Crippen MR) is 85.1 cm³/mol. The third kappa shape index (κ3) is 5.37. The largest absolute Gasteiger partial charge is 0.490 e. The number of hydrogen-bond donors (Lipinski definition) is 1. The number of hydrogen-bond acceptors (Lipinski definition) is 3. The van der Waals surface area contributed by atoms with E-state index in [9.17, 15) is 31.1 Å². The van der Waals surface area contributed by atoms with Crippen molar-refractivity contribution in [2.24, 2.45) is 0 Å². The second kappa shape index (κ2) is 8.80. The van der Waals surface area contributed by atoms with Crippen molar-refractivity contribution in [3.8, 4) is 0 Å². The first-order valence-corrected chi connectivity index (χ1v) is 8.48. The highest BCUT2D eigenvalue weighted by Crippen LogP contribution is 2.23. The lowest BCUT2D eigenvalue weighted by Gasteiger charge is -2.25. The highest BCUT2D eigenvalue weighted by Gasteiger charge is 2.38. The lowest BCUT2D eigenvalue weighted by atomic mass is 10.1. The summed E-state index contributed by atoms with van der Waals surface area (Å²) in [5.41, 5.74) is -0.389. The van der Waals surface area contributed by atoms with E-state index in [0.29, 0.717) is 31.3 Å². The van der Waals surface area contributed by atoms with Gasteiger partial charge in [-0.25, -0.2) is 18.0 Å². The average Bonchev–Trinajstić information content (AvgIpc) is 2.94. The SMILES string of the molecule is O=C(O)C(F)(F)F.O=C(c1cc(F)c(F)cc1F)N1CCCN2CCCC2C1. The number of amides is 1. The molecule has 1 aromatic carbocycles. The topological polar surface area (TPSA) is 60.9 Å². The molecule has 1 unspecified atom stereocenters. The van der Waals surface area contributed by atoms with E-state index in [1.807, 2.05) is 0 Å². The van der Waals surface area contributed by atoms with Crippen LogP contribution < -0.4 is 0 Å². The summed E-state index contributed by atoms with van der Waals surface area (Å²) >= 11 is 0. The standard InChI is InChI=1S/C15H17F3N2O.C2HF3O2/c16-12-8-14(18)13(17)7-11(12)15(21)20-6-2-5-19-4-1-3-10(19)9-20;3-2(4,5)1(6)7/h7-8,10H,1-6,9H2;(H,6,7). The normalized spacial score (nSPS) is 20.1. The Hall–Kier alpha value is -2.30. The molecule has 28 heavy (non-hydrogen) atoms. The Morgan fingerprint density at radius 3 is 2.14 bits per heavy atom. The molecule has 2 fully saturated rings. The van der Waals surface area contributed by atoms with Crippen LogP contribution in [0.5, 0.6) is 0 Å². The lowest BCUT2D eigenvalue weighted by Crippen LogP contribution is -2.40. The molecule has 2 saturated heterocycles. The summed E-state index contributed by atoms with van der Waals surface area (Å²) in [4.78, 5) is 25.2. The molecule has 0 bridgehead atoms. The summed E-state index contributed by atoms with van der Waals surface area (Å²) in [6, 6.07) is 1.39. The van der Waals surface area contributed by atoms with Gasteiger partial charge in [0.1, 0.15) is 5.82 Å². The molecule has 2 aliphatic rings. The summed E-state index contributed by atoms with van der Waals surface area (Å²) in [6.07, 6.45) is -2.15. The van der Waals surface area contributed by atoms with Gasteiger partial charge in [0.2, 0.25) is 0 Å². The number of carboxylic acids is 1. The van der Waals surface area contributed by atoms with Gasteiger partial charge in [0.15, 0.2) is 11.6 Å². The Kier molecular flexibility index (Phi) is 6.91. The first-order valence-electron chi connectivity index (χ1n) is 8.48. The summed E-state index contributed by atoms with van der Waals surface area (Å²) in [7, 11) is 0. The van der Waals surface area contributed by atoms with E-state index in [2.05, 4.69) is 4.90 Å². The first kappa shape index (κ1) is 22.0. The summed E-state index contributed by atoms with van der Waals surface area (Å²) < 4.78 is 71.7. The number of fused-ring (bicyclic) bond motifs is 1. The molecule has 0 radical (unpaired) electrons. The summed E-state index contributed by atoms with van der Waals surface area (Å²) in [5.74, 6) is -6.79. The molecule has 11 heteroatoms. The maximum atomic E-state index is 13.7. The van der Waals surface area contributed by atoms with Crippen molar-refractivity contribution in [2.45, 2.75) is 31.5 Å². The first-order chi connectivity index (χ1) is 13.0. The van der Waals surface area contributed by atoms with Crippen LogP contribution in [0.2, 0.25) is 0 Å². The minimum absolute atomic E-state index is 0.296. The number of alkyl halides is 3. The van der Waals surface area contributed by atoms with E-state index in [1.54, 1.807) is 4.90 Å². The fraction of sp³-hybridized carbons (Fsp3) is 0.529. The van der Waals surface area contributed by atoms with Gasteiger partial charge in [0, 0.05) is 31.7 Å². The van der Waals surface area contributed by atoms with Crippen molar-refractivity contribution in [1.82, 2.24) is 9.80 Å². The average molecular weight is 412 g/mol. The zero-order valence-electron chi connectivity index (χ0n) is 14.6. The molecule has 1 atom stereocenters. The molecule has 5 nitrogen and oxygen atoms in total. The van der Waals surface area contributed by atoms with E-state index < -0.39 is 35.5 Å². The molecule has 0 spiro atoms. The Morgan fingerprint density at radius 2 is 1.54 bits per heavy atom. The second-order valence-electron chi connectivity index (χ2n) is 6.49. The number of rotatable bonds is 1. The van der Waals surface area contributed by atoms with Crippen molar-refractivity contribution in [2.75, 3.05) is 26.2 Å². The van der Waals surface area contributed by atoms with Gasteiger partial charge in [-0.3, -0.25) is 9.69 Å². The fourth-order valence-electron chi connectivity index (χ4n) is 3.25. The number of carboxylic acid groups (broad SMARTS) is 1. The molecule has 3 rings (SSSR count). The number of nitrogens with zero attached hydrogens (tertiary/aromatic N) is 2. The smallest absolute Gasteiger partial charge is 0.475 e. The van der Waals surface area contributed by atoms with Crippen molar-refractivity contribution in [3.63, 3.8) is 0 Å². The van der Waals surface area contributed by atoms with E-state index in [4.69, 9.17) is 9.90 Å². The minimum Gasteiger partial charge on any atom is -0.475 e. The van der Waals surface area contributed by atoms with Crippen molar-refractivity contribution in [3.05, 3.63) is 35.1 Å². The van der Waals surface area contributed by atoms with E-state index in [0.717, 1.165) is 32.4 Å². The van der Waals surface area contributed by atoms with Crippen LogP contribution in [-0.4, -0.2) is 65.2 Å². The molecule has 1 amide bonds. The van der Waals surface area contributed by atoms with Gasteiger partial charge in [-0.2, -0.15) is 13.2 Å². The quantitative estimate of drug-likeness (QED) is 0.569. The molecule has 0 saturated carbocycles. The number of carbonyl (C=O) groups excluding carboxylic acids is 1. The summed E-state index contributed by atoms with van der Waals surface area (Å²) in [5, 5.41) is 7.12. The van der Waals surface area contributed by atoms with Crippen LogP contribution in [-0.2, 0) is 4.79 Å². The van der Waals surface area contributed by atoms with Crippen molar-refractivity contribution in [1.29, 1.82) is 0 Å². The Balaban J connectivity index is 0.000000345. The summed E-state index contributed by atoms with van der Waals surface area (Å²) in [6.45, 7) is 3.00. The molecule has 0 aromatic heterocycles. The Labute approximate surface area is 156 Å². The fourth-order valence-corrected chi connectivity index (χ4v) is 3.25. The van der Waals surface area contributed by atoms with E-state index >= 15 is 0 Å². The second-order valence-corrected chi connectivity index (χ2v) is 6.49. The van der Waals surface area contributed by atoms with Gasteiger partial charge in [-0.05, 0) is 31.9 Å². The zero-order chi connectivity index (χ0) is 21.1. The lowest BCUT2D eigenvalue weighted by molar-refractivity contribution is -0.192. The number of benzene rings is 1. The van der Waals surface area contributed by atoms with E-state index in [-0.39, 0.29) is 5.56 Å². The van der Waals surface area contributed by atoms with Gasteiger partial charge >= 0.3 is 12.1 Å². The molecule has 1 aromatic rings. The van der Waals surface area contributed by atoms with Crippen molar-refractivity contribution < 1.29 is 41.0 Å². The van der Waals surface area contributed by atoms with Crippen molar-refractivity contribution >= 4 is 11.9 Å². The molecule has 0 aliphatic carbocycles. The predicted octanol–water partition coefficient (Wildman–Crippen LogP) is 3.05. The van der Waals surface area contributed by atoms with Gasteiger partial charge in [0.05, 0.1) is 5.56 Å². The number of aliphatic carboxylic acids is 1. The van der Waals surface area contributed by atoms with Crippen LogP contribution in [0, 0.1) is 17.5 Å². The molecular formula is C17H18F6N2O3. The Morgan fingerprint density at radius 1 is 0.964 bits per heavy atom. The highest BCUT2D eigenvalue weighted by molar-refractivity contribution is 5.94. The molecule has 1 N–H and O–H groups in total. The van der Waals surface area contributed by atoms with Crippen LogP contribution in [0.15, 0.2) is 12.1 Å². The molecule has 2 aliphatic heterocycles. The van der Waals surface area contributed by atoms with E-state index in [1.165, 1.54) is 0 Å². The number of halogens is 6. The third-order valence-electron chi connectivity index (χ3n) is 4.57. The molecule has 2 heterocycles. The van der Waals surface area contributed by atoms with Crippen LogP contribution >= 0.6 is 0 Å². The zero-order valence-corrected chi connectivity index (χ0v) is 14.6. The van der Waals surface area contributed by atoms with Crippen LogP contribution in [0.1, 0.15) is 29.6 Å². The highest BCUT2D eigenvalue weighted by atomic mass is 19.4.